The maximum atomic E-state index is 13.2. The molecular formula is C25H21Cl2N3O3. The third-order valence-corrected chi connectivity index (χ3v) is 6.17. The molecular weight excluding hydrogens is 461 g/mol. The van der Waals surface area contributed by atoms with Crippen LogP contribution in [-0.2, 0) is 16.1 Å². The summed E-state index contributed by atoms with van der Waals surface area (Å²) in [4.78, 5) is 31.7. The molecule has 1 atom stereocenters. The second-order valence-corrected chi connectivity index (χ2v) is 8.41. The molecule has 2 aromatic carbocycles. The van der Waals surface area contributed by atoms with Gasteiger partial charge in [-0.1, -0.05) is 65.7 Å². The van der Waals surface area contributed by atoms with Crippen LogP contribution in [-0.4, -0.2) is 37.8 Å². The number of imidazole rings is 1. The third-order valence-electron chi connectivity index (χ3n) is 5.43. The van der Waals surface area contributed by atoms with Crippen molar-refractivity contribution in [3.8, 4) is 0 Å². The highest BCUT2D eigenvalue weighted by atomic mass is 35.5. The average Bonchev–Trinajstić information content (AvgIpc) is 3.42. The monoisotopic (exact) mass is 481 g/mol. The molecule has 3 aromatic rings. The first-order valence-electron chi connectivity index (χ1n) is 10.4. The normalized spacial score (nSPS) is 16.2. The van der Waals surface area contributed by atoms with Gasteiger partial charge in [-0.25, -0.2) is 4.98 Å². The lowest BCUT2D eigenvalue weighted by Gasteiger charge is -2.27. The van der Waals surface area contributed by atoms with Gasteiger partial charge in [-0.3, -0.25) is 9.59 Å². The van der Waals surface area contributed by atoms with Crippen LogP contribution in [0.3, 0.4) is 0 Å². The summed E-state index contributed by atoms with van der Waals surface area (Å²) in [6.07, 6.45) is 8.84. The van der Waals surface area contributed by atoms with Crippen molar-refractivity contribution in [3.63, 3.8) is 0 Å². The highest BCUT2D eigenvalue weighted by Crippen LogP contribution is 2.39. The van der Waals surface area contributed by atoms with Crippen molar-refractivity contribution in [1.82, 2.24) is 14.5 Å². The number of benzene rings is 2. The fourth-order valence-electron chi connectivity index (χ4n) is 3.83. The van der Waals surface area contributed by atoms with Crippen LogP contribution >= 0.6 is 23.2 Å². The van der Waals surface area contributed by atoms with E-state index in [4.69, 9.17) is 23.2 Å². The summed E-state index contributed by atoms with van der Waals surface area (Å²) in [5.41, 5.74) is 1.45. The molecule has 2 heterocycles. The molecule has 0 fully saturated rings. The van der Waals surface area contributed by atoms with E-state index in [1.807, 2.05) is 41.1 Å². The zero-order valence-corrected chi connectivity index (χ0v) is 19.1. The molecule has 0 radical (unpaired) electrons. The lowest BCUT2D eigenvalue weighted by molar-refractivity contribution is -0.129. The minimum absolute atomic E-state index is 0.0215. The molecule has 0 spiro atoms. The first-order chi connectivity index (χ1) is 16.0. The van der Waals surface area contributed by atoms with Crippen LogP contribution in [0, 0.1) is 0 Å². The Morgan fingerprint density at radius 2 is 1.88 bits per heavy atom. The number of nitrogens with zero attached hydrogens (tertiary/aromatic N) is 3. The van der Waals surface area contributed by atoms with E-state index in [1.165, 1.54) is 11.0 Å². The molecule has 33 heavy (non-hydrogen) atoms. The van der Waals surface area contributed by atoms with Gasteiger partial charge in [-0.05, 0) is 35.8 Å². The number of aryl methyl sites for hydroxylation is 1. The molecule has 1 aliphatic rings. The minimum atomic E-state index is -0.775. The number of rotatable bonds is 8. The predicted octanol–water partition coefficient (Wildman–Crippen LogP) is 5.26. The summed E-state index contributed by atoms with van der Waals surface area (Å²) in [6, 6.07) is 13.5. The summed E-state index contributed by atoms with van der Waals surface area (Å²) in [7, 11) is 0. The Bertz CT molecular complexity index is 1220. The van der Waals surface area contributed by atoms with Crippen molar-refractivity contribution in [1.29, 1.82) is 0 Å². The third kappa shape index (κ3) is 5.02. The first-order valence-corrected chi connectivity index (χ1v) is 11.1. The number of aromatic nitrogens is 2. The van der Waals surface area contributed by atoms with Crippen LogP contribution in [0.25, 0.3) is 6.08 Å². The number of amides is 1. The smallest absolute Gasteiger partial charge is 0.290 e. The Labute approximate surface area is 201 Å². The van der Waals surface area contributed by atoms with E-state index >= 15 is 0 Å². The molecule has 1 aromatic heterocycles. The Kier molecular flexibility index (Phi) is 6.96. The van der Waals surface area contributed by atoms with Crippen molar-refractivity contribution in [2.24, 2.45) is 0 Å². The van der Waals surface area contributed by atoms with Crippen molar-refractivity contribution >= 4 is 41.0 Å². The van der Waals surface area contributed by atoms with Gasteiger partial charge in [-0.15, -0.1) is 0 Å². The average molecular weight is 482 g/mol. The second kappa shape index (κ2) is 10.1. The molecule has 8 heteroatoms. The molecule has 6 nitrogen and oxygen atoms in total. The van der Waals surface area contributed by atoms with E-state index in [0.717, 1.165) is 5.56 Å². The summed E-state index contributed by atoms with van der Waals surface area (Å²) in [5, 5.41) is 11.4. The highest BCUT2D eigenvalue weighted by Gasteiger charge is 2.42. The summed E-state index contributed by atoms with van der Waals surface area (Å²) in [5.74, 6) is -1.58. The van der Waals surface area contributed by atoms with Crippen molar-refractivity contribution in [2.75, 3.05) is 6.54 Å². The molecule has 1 unspecified atom stereocenters. The molecule has 0 bridgehead atoms. The van der Waals surface area contributed by atoms with Gasteiger partial charge in [0.2, 0.25) is 0 Å². The van der Waals surface area contributed by atoms with Crippen LogP contribution in [0.5, 0.6) is 0 Å². The highest BCUT2D eigenvalue weighted by molar-refractivity contribution is 6.42. The van der Waals surface area contributed by atoms with E-state index < -0.39 is 23.5 Å². The number of carbonyl (C=O) groups excluding carboxylic acids is 2. The van der Waals surface area contributed by atoms with E-state index in [9.17, 15) is 14.7 Å². The maximum absolute atomic E-state index is 13.2. The molecule has 1 aliphatic heterocycles. The predicted molar refractivity (Wildman–Crippen MR) is 128 cm³/mol. The SMILES string of the molecule is O=C(C=Cc1ccccc1)C1=C(O)C(=O)N(CCCn2ccnc2)C1c1ccc(Cl)c(Cl)c1. The fraction of sp³-hybridized carbons (Fsp3) is 0.160. The Morgan fingerprint density at radius 3 is 2.58 bits per heavy atom. The molecule has 0 saturated carbocycles. The number of aliphatic hydroxyl groups excluding tert-OH is 1. The van der Waals surface area contributed by atoms with Crippen LogP contribution in [0.4, 0.5) is 0 Å². The number of carbonyl (C=O) groups is 2. The molecule has 1 amide bonds. The van der Waals surface area contributed by atoms with Crippen LogP contribution < -0.4 is 0 Å². The first kappa shape index (κ1) is 22.8. The van der Waals surface area contributed by atoms with Gasteiger partial charge < -0.3 is 14.6 Å². The molecule has 0 aliphatic carbocycles. The summed E-state index contributed by atoms with van der Waals surface area (Å²) in [6.45, 7) is 0.959. The zero-order valence-electron chi connectivity index (χ0n) is 17.6. The standard InChI is InChI=1S/C25H21Cl2N3O3/c26-19-9-8-18(15-20(19)27)23-22(21(31)10-7-17-5-2-1-3-6-17)24(32)25(33)30(23)13-4-12-29-14-11-28-16-29/h1-3,5-11,14-16,23,32H,4,12-13H2. The summed E-state index contributed by atoms with van der Waals surface area (Å²) >= 11 is 12.3. The maximum Gasteiger partial charge on any atom is 0.290 e. The number of ketones is 1. The van der Waals surface area contributed by atoms with Gasteiger partial charge in [0.1, 0.15) is 0 Å². The molecule has 0 saturated heterocycles. The lowest BCUT2D eigenvalue weighted by Crippen LogP contribution is -2.32. The van der Waals surface area contributed by atoms with Crippen molar-refractivity contribution in [3.05, 3.63) is 106 Å². The van der Waals surface area contributed by atoms with Gasteiger partial charge in [0, 0.05) is 25.5 Å². The fourth-order valence-corrected chi connectivity index (χ4v) is 4.14. The van der Waals surface area contributed by atoms with Gasteiger partial charge in [0.05, 0.1) is 28.0 Å². The Balaban J connectivity index is 1.64. The molecule has 168 valence electrons. The topological polar surface area (TPSA) is 75.4 Å². The van der Waals surface area contributed by atoms with E-state index in [0.29, 0.717) is 35.1 Å². The van der Waals surface area contributed by atoms with E-state index in [-0.39, 0.29) is 5.57 Å². The second-order valence-electron chi connectivity index (χ2n) is 7.60. The van der Waals surface area contributed by atoms with Crippen LogP contribution in [0.2, 0.25) is 10.0 Å². The molecule has 4 rings (SSSR count). The largest absolute Gasteiger partial charge is 0.503 e. The lowest BCUT2D eigenvalue weighted by atomic mass is 9.95. The number of allylic oxidation sites excluding steroid dienone is 1. The summed E-state index contributed by atoms with van der Waals surface area (Å²) < 4.78 is 1.90. The van der Waals surface area contributed by atoms with Crippen molar-refractivity contribution in [2.45, 2.75) is 19.0 Å². The number of hydrogen-bond donors (Lipinski definition) is 1. The van der Waals surface area contributed by atoms with Crippen LogP contribution in [0.1, 0.15) is 23.6 Å². The van der Waals surface area contributed by atoms with E-state index in [1.54, 1.807) is 36.8 Å². The van der Waals surface area contributed by atoms with Crippen molar-refractivity contribution < 1.29 is 14.7 Å². The number of aliphatic hydroxyl groups is 1. The van der Waals surface area contributed by atoms with Gasteiger partial charge >= 0.3 is 0 Å². The minimum Gasteiger partial charge on any atom is -0.503 e. The zero-order chi connectivity index (χ0) is 23.4. The Morgan fingerprint density at radius 1 is 1.09 bits per heavy atom. The number of halogens is 2. The number of hydrogen-bond acceptors (Lipinski definition) is 4. The van der Waals surface area contributed by atoms with E-state index in [2.05, 4.69) is 4.98 Å². The Hall–Kier alpha value is -3.35. The van der Waals surface area contributed by atoms with Gasteiger partial charge in [-0.2, -0.15) is 0 Å². The van der Waals surface area contributed by atoms with Gasteiger partial charge in [0.15, 0.2) is 11.5 Å². The van der Waals surface area contributed by atoms with Gasteiger partial charge in [0.25, 0.3) is 5.91 Å². The quantitative estimate of drug-likeness (QED) is 0.445. The van der Waals surface area contributed by atoms with Crippen LogP contribution in [0.15, 0.2) is 84.7 Å². The molecule has 1 N–H and O–H groups in total.